The molecule has 1 N–H and O–H groups in total. The van der Waals surface area contributed by atoms with Gasteiger partial charge in [0.25, 0.3) is 0 Å². The number of hydrogen-bond acceptors (Lipinski definition) is 2. The highest BCUT2D eigenvalue weighted by Gasteiger charge is 2.31. The molecule has 0 saturated heterocycles. The average molecular weight is 186 g/mol. The van der Waals surface area contributed by atoms with Gasteiger partial charge in [-0.1, -0.05) is 6.07 Å². The highest BCUT2D eigenvalue weighted by molar-refractivity contribution is 6.08. The molecule has 1 aromatic carbocycles. The second-order valence-electron chi connectivity index (χ2n) is 3.74. The maximum Gasteiger partial charge on any atom is 0.168 e. The summed E-state index contributed by atoms with van der Waals surface area (Å²) in [6.07, 6.45) is 3.72. The Hall–Kier alpha value is -1.64. The number of ketones is 1. The predicted molar refractivity (Wildman–Crippen MR) is 53.1 cm³/mol. The Balaban J connectivity index is 2.18. The molecule has 0 unspecified atom stereocenters. The zero-order valence-corrected chi connectivity index (χ0v) is 7.66. The number of imidazole rings is 1. The Morgan fingerprint density at radius 1 is 1.43 bits per heavy atom. The topological polar surface area (TPSA) is 45.8 Å². The van der Waals surface area contributed by atoms with Crippen LogP contribution in [-0.4, -0.2) is 15.8 Å². The number of benzene rings is 1. The Kier molecular flexibility index (Phi) is 1.48. The van der Waals surface area contributed by atoms with Gasteiger partial charge < -0.3 is 4.98 Å². The lowest BCUT2D eigenvalue weighted by Crippen LogP contribution is -2.01. The van der Waals surface area contributed by atoms with Crippen LogP contribution in [0.4, 0.5) is 0 Å². The van der Waals surface area contributed by atoms with Crippen molar-refractivity contribution < 1.29 is 4.79 Å². The molecule has 0 radical (unpaired) electrons. The van der Waals surface area contributed by atoms with E-state index in [4.69, 9.17) is 0 Å². The molecule has 3 nitrogen and oxygen atoms in total. The van der Waals surface area contributed by atoms with Gasteiger partial charge in [-0.3, -0.25) is 4.79 Å². The number of carbonyl (C=O) groups excluding carboxylic acids is 1. The monoisotopic (exact) mass is 186 g/mol. The summed E-state index contributed by atoms with van der Waals surface area (Å²) in [5.74, 6) is 0.514. The van der Waals surface area contributed by atoms with Gasteiger partial charge in [-0.15, -0.1) is 0 Å². The van der Waals surface area contributed by atoms with Gasteiger partial charge in [0.2, 0.25) is 0 Å². The van der Waals surface area contributed by atoms with Gasteiger partial charge in [0, 0.05) is 11.5 Å². The van der Waals surface area contributed by atoms with Crippen molar-refractivity contribution in [1.29, 1.82) is 0 Å². The molecule has 0 bridgehead atoms. The lowest BCUT2D eigenvalue weighted by Gasteiger charge is -1.98. The van der Waals surface area contributed by atoms with Gasteiger partial charge in [-0.2, -0.15) is 0 Å². The third-order valence-corrected chi connectivity index (χ3v) is 2.66. The molecule has 0 spiro atoms. The van der Waals surface area contributed by atoms with Crippen molar-refractivity contribution in [3.63, 3.8) is 0 Å². The number of fused-ring (bicyclic) bond motifs is 1. The smallest absolute Gasteiger partial charge is 0.168 e. The first-order chi connectivity index (χ1) is 6.86. The highest BCUT2D eigenvalue weighted by Crippen LogP contribution is 2.33. The van der Waals surface area contributed by atoms with Gasteiger partial charge in [-0.25, -0.2) is 4.98 Å². The van der Waals surface area contributed by atoms with E-state index in [1.807, 2.05) is 18.2 Å². The summed E-state index contributed by atoms with van der Waals surface area (Å²) in [7, 11) is 0. The Morgan fingerprint density at radius 3 is 3.07 bits per heavy atom. The molecule has 1 saturated carbocycles. The minimum absolute atomic E-state index is 0.253. The number of Topliss-reactive ketones (excluding diaryl/α,β-unsaturated/α-hetero) is 1. The first-order valence-electron chi connectivity index (χ1n) is 4.82. The van der Waals surface area contributed by atoms with E-state index in [-0.39, 0.29) is 11.7 Å². The van der Waals surface area contributed by atoms with Crippen LogP contribution in [0, 0.1) is 5.92 Å². The summed E-state index contributed by atoms with van der Waals surface area (Å²) in [6.45, 7) is 0. The van der Waals surface area contributed by atoms with E-state index in [1.54, 1.807) is 6.33 Å². The summed E-state index contributed by atoms with van der Waals surface area (Å²) < 4.78 is 0. The number of aromatic amines is 1. The summed E-state index contributed by atoms with van der Waals surface area (Å²) in [5.41, 5.74) is 2.52. The molecule has 0 aliphatic heterocycles. The van der Waals surface area contributed by atoms with E-state index < -0.39 is 0 Å². The second-order valence-corrected chi connectivity index (χ2v) is 3.74. The number of H-pyrrole nitrogens is 1. The molecule has 0 atom stereocenters. The first-order valence-corrected chi connectivity index (χ1v) is 4.82. The SMILES string of the molecule is O=C(c1cccc2[nH]cnc12)C1CC1. The zero-order chi connectivity index (χ0) is 9.54. The van der Waals surface area contributed by atoms with Crippen molar-refractivity contribution in [3.05, 3.63) is 30.1 Å². The van der Waals surface area contributed by atoms with Crippen LogP contribution < -0.4 is 0 Å². The van der Waals surface area contributed by atoms with E-state index in [0.717, 1.165) is 29.4 Å². The first kappa shape index (κ1) is 7.74. The van der Waals surface area contributed by atoms with Crippen molar-refractivity contribution in [2.75, 3.05) is 0 Å². The molecule has 14 heavy (non-hydrogen) atoms. The van der Waals surface area contributed by atoms with E-state index in [1.165, 1.54) is 0 Å². The molecule has 1 heterocycles. The van der Waals surface area contributed by atoms with E-state index >= 15 is 0 Å². The Bertz CT molecular complexity index is 497. The largest absolute Gasteiger partial charge is 0.345 e. The molecule has 1 fully saturated rings. The fourth-order valence-electron chi connectivity index (χ4n) is 1.73. The summed E-state index contributed by atoms with van der Waals surface area (Å²) >= 11 is 0. The second kappa shape index (κ2) is 2.67. The van der Waals surface area contributed by atoms with Crippen molar-refractivity contribution in [2.45, 2.75) is 12.8 Å². The molecule has 0 amide bonds. The molecular formula is C11H10N2O. The van der Waals surface area contributed by atoms with Crippen LogP contribution in [0.5, 0.6) is 0 Å². The minimum Gasteiger partial charge on any atom is -0.345 e. The Morgan fingerprint density at radius 2 is 2.29 bits per heavy atom. The quantitative estimate of drug-likeness (QED) is 0.730. The molecule has 1 aliphatic rings. The van der Waals surface area contributed by atoms with Crippen LogP contribution in [0.1, 0.15) is 23.2 Å². The third-order valence-electron chi connectivity index (χ3n) is 2.66. The van der Waals surface area contributed by atoms with Crippen molar-refractivity contribution in [1.82, 2.24) is 9.97 Å². The molecule has 1 aromatic heterocycles. The number of hydrogen-bond donors (Lipinski definition) is 1. The number of para-hydroxylation sites is 1. The summed E-state index contributed by atoms with van der Waals surface area (Å²) in [5, 5.41) is 0. The lowest BCUT2D eigenvalue weighted by molar-refractivity contribution is 0.0969. The number of nitrogens with one attached hydrogen (secondary N) is 1. The van der Waals surface area contributed by atoms with E-state index in [0.29, 0.717) is 0 Å². The van der Waals surface area contributed by atoms with E-state index in [2.05, 4.69) is 9.97 Å². The van der Waals surface area contributed by atoms with Gasteiger partial charge in [-0.05, 0) is 25.0 Å². The van der Waals surface area contributed by atoms with Crippen LogP contribution >= 0.6 is 0 Å². The molecule has 3 rings (SSSR count). The normalized spacial score (nSPS) is 16.0. The highest BCUT2D eigenvalue weighted by atomic mass is 16.1. The van der Waals surface area contributed by atoms with Crippen LogP contribution in [0.25, 0.3) is 11.0 Å². The third kappa shape index (κ3) is 1.05. The van der Waals surface area contributed by atoms with E-state index in [9.17, 15) is 4.79 Å². The van der Waals surface area contributed by atoms with Gasteiger partial charge >= 0.3 is 0 Å². The van der Waals surface area contributed by atoms with Crippen LogP contribution in [-0.2, 0) is 0 Å². The van der Waals surface area contributed by atoms with Crippen molar-refractivity contribution >= 4 is 16.8 Å². The standard InChI is InChI=1S/C11H10N2O/c14-11(7-4-5-7)8-2-1-3-9-10(8)13-6-12-9/h1-3,6-7H,4-5H2,(H,12,13). The number of carbonyl (C=O) groups is 1. The molecule has 3 heteroatoms. The van der Waals surface area contributed by atoms with Crippen LogP contribution in [0.3, 0.4) is 0 Å². The zero-order valence-electron chi connectivity index (χ0n) is 7.66. The molecule has 2 aromatic rings. The summed E-state index contributed by atoms with van der Waals surface area (Å²) in [4.78, 5) is 19.0. The van der Waals surface area contributed by atoms with Gasteiger partial charge in [0.05, 0.1) is 17.4 Å². The molecule has 1 aliphatic carbocycles. The maximum absolute atomic E-state index is 11.9. The fourth-order valence-corrected chi connectivity index (χ4v) is 1.73. The summed E-state index contributed by atoms with van der Waals surface area (Å²) in [6, 6.07) is 5.70. The van der Waals surface area contributed by atoms with Crippen molar-refractivity contribution in [3.8, 4) is 0 Å². The van der Waals surface area contributed by atoms with Gasteiger partial charge in [0.15, 0.2) is 5.78 Å². The number of rotatable bonds is 2. The number of aromatic nitrogens is 2. The van der Waals surface area contributed by atoms with Crippen molar-refractivity contribution in [2.24, 2.45) is 5.92 Å². The lowest BCUT2D eigenvalue weighted by atomic mass is 10.1. The van der Waals surface area contributed by atoms with Gasteiger partial charge in [0.1, 0.15) is 0 Å². The Labute approximate surface area is 81.2 Å². The number of nitrogens with zero attached hydrogens (tertiary/aromatic N) is 1. The van der Waals surface area contributed by atoms with Crippen LogP contribution in [0.15, 0.2) is 24.5 Å². The minimum atomic E-state index is 0.253. The fraction of sp³-hybridized carbons (Fsp3) is 0.273. The maximum atomic E-state index is 11.9. The molecular weight excluding hydrogens is 176 g/mol. The molecule has 70 valence electrons. The average Bonchev–Trinajstić information content (AvgIpc) is 2.94. The van der Waals surface area contributed by atoms with Crippen LogP contribution in [0.2, 0.25) is 0 Å². The predicted octanol–water partition coefficient (Wildman–Crippen LogP) is 2.16.